The van der Waals surface area contributed by atoms with Crippen LogP contribution in [0.1, 0.15) is 32.1 Å². The number of fused-ring (bicyclic) bond motifs is 1. The molecule has 2 aromatic rings. The van der Waals surface area contributed by atoms with Crippen molar-refractivity contribution in [3.8, 4) is 22.6 Å². The van der Waals surface area contributed by atoms with Crippen molar-refractivity contribution in [2.24, 2.45) is 17.8 Å². The van der Waals surface area contributed by atoms with Gasteiger partial charge in [-0.2, -0.15) is 8.78 Å². The van der Waals surface area contributed by atoms with Crippen LogP contribution in [-0.2, 0) is 4.79 Å². The van der Waals surface area contributed by atoms with Crippen molar-refractivity contribution in [3.63, 3.8) is 0 Å². The third kappa shape index (κ3) is 3.36. The number of carbonyl (C=O) groups is 1. The van der Waals surface area contributed by atoms with Gasteiger partial charge in [0.15, 0.2) is 23.1 Å². The maximum Gasteiger partial charge on any atom is 0.314 e. The molecule has 154 valence electrons. The number of hydrogen-bond donors (Lipinski definition) is 0. The van der Waals surface area contributed by atoms with Crippen molar-refractivity contribution >= 4 is 5.97 Å². The summed E-state index contributed by atoms with van der Waals surface area (Å²) in [5.41, 5.74) is -0.930. The summed E-state index contributed by atoms with van der Waals surface area (Å²) in [4.78, 5) is 12.5. The van der Waals surface area contributed by atoms with Gasteiger partial charge >= 0.3 is 5.97 Å². The SMILES string of the molecule is COc1ccc(-c2ccc(OC(=O)C3CCC4CCCC43)c(F)c2F)c(F)c1F. The monoisotopic (exact) mass is 408 g/mol. The summed E-state index contributed by atoms with van der Waals surface area (Å²) in [6.07, 6.45) is 4.74. The zero-order chi connectivity index (χ0) is 20.7. The molecule has 3 nitrogen and oxygen atoms in total. The molecule has 0 spiro atoms. The van der Waals surface area contributed by atoms with Gasteiger partial charge in [0.25, 0.3) is 0 Å². The van der Waals surface area contributed by atoms with E-state index in [-0.39, 0.29) is 17.6 Å². The Morgan fingerprint density at radius 3 is 2.10 bits per heavy atom. The predicted octanol–water partition coefficient (Wildman–Crippen LogP) is 5.65. The van der Waals surface area contributed by atoms with Crippen LogP contribution in [0.5, 0.6) is 11.5 Å². The molecule has 0 bridgehead atoms. The summed E-state index contributed by atoms with van der Waals surface area (Å²) in [6.45, 7) is 0. The van der Waals surface area contributed by atoms with E-state index in [0.717, 1.165) is 49.9 Å². The molecule has 3 unspecified atom stereocenters. The third-order valence-electron chi connectivity index (χ3n) is 6.20. The van der Waals surface area contributed by atoms with Gasteiger partial charge in [0.05, 0.1) is 13.0 Å². The molecule has 29 heavy (non-hydrogen) atoms. The van der Waals surface area contributed by atoms with E-state index < -0.39 is 46.1 Å². The van der Waals surface area contributed by atoms with Crippen LogP contribution in [0.25, 0.3) is 11.1 Å². The summed E-state index contributed by atoms with van der Waals surface area (Å²) >= 11 is 0. The fraction of sp³-hybridized carbons (Fsp3) is 0.409. The molecule has 0 aliphatic heterocycles. The Bertz CT molecular complexity index is 960. The second-order valence-corrected chi connectivity index (χ2v) is 7.64. The Labute approximate surface area is 165 Å². The first-order valence-electron chi connectivity index (χ1n) is 9.64. The van der Waals surface area contributed by atoms with E-state index in [2.05, 4.69) is 4.74 Å². The second-order valence-electron chi connectivity index (χ2n) is 7.64. The largest absolute Gasteiger partial charge is 0.494 e. The Morgan fingerprint density at radius 2 is 1.45 bits per heavy atom. The summed E-state index contributed by atoms with van der Waals surface area (Å²) in [5.74, 6) is -6.50. The Kier molecular flexibility index (Phi) is 5.23. The van der Waals surface area contributed by atoms with E-state index in [4.69, 9.17) is 4.74 Å². The van der Waals surface area contributed by atoms with Gasteiger partial charge in [0.1, 0.15) is 0 Å². The van der Waals surface area contributed by atoms with Gasteiger partial charge in [-0.1, -0.05) is 12.8 Å². The molecule has 2 fully saturated rings. The lowest BCUT2D eigenvalue weighted by Crippen LogP contribution is -2.24. The molecule has 2 aliphatic rings. The summed E-state index contributed by atoms with van der Waals surface area (Å²) in [6, 6.07) is 4.35. The van der Waals surface area contributed by atoms with E-state index in [1.165, 1.54) is 7.11 Å². The third-order valence-corrected chi connectivity index (χ3v) is 6.20. The lowest BCUT2D eigenvalue weighted by molar-refractivity contribution is -0.140. The fourth-order valence-corrected chi connectivity index (χ4v) is 4.75. The standard InChI is InChI=1S/C22H20F4O3/c1-28-16-9-7-13(18(23)20(16)25)14-8-10-17(21(26)19(14)24)29-22(27)15-6-5-11-3-2-4-12(11)15/h7-12,15H,2-6H2,1H3. The van der Waals surface area contributed by atoms with Gasteiger partial charge in [0.2, 0.25) is 11.6 Å². The summed E-state index contributed by atoms with van der Waals surface area (Å²) < 4.78 is 67.2. The van der Waals surface area contributed by atoms with Crippen LogP contribution in [0.2, 0.25) is 0 Å². The molecular formula is C22H20F4O3. The van der Waals surface area contributed by atoms with Crippen LogP contribution in [0.4, 0.5) is 17.6 Å². The molecule has 0 amide bonds. The van der Waals surface area contributed by atoms with Crippen molar-refractivity contribution < 1.29 is 31.8 Å². The first-order valence-corrected chi connectivity index (χ1v) is 9.64. The van der Waals surface area contributed by atoms with Gasteiger partial charge < -0.3 is 9.47 Å². The summed E-state index contributed by atoms with van der Waals surface area (Å²) in [7, 11) is 1.17. The lowest BCUT2D eigenvalue weighted by Gasteiger charge is -2.17. The average Bonchev–Trinajstić information content (AvgIpc) is 3.32. The number of ether oxygens (including phenoxy) is 2. The minimum atomic E-state index is -1.41. The smallest absolute Gasteiger partial charge is 0.314 e. The summed E-state index contributed by atoms with van der Waals surface area (Å²) in [5, 5.41) is 0. The van der Waals surface area contributed by atoms with Gasteiger partial charge in [-0.25, -0.2) is 8.78 Å². The van der Waals surface area contributed by atoms with Crippen molar-refractivity contribution in [2.45, 2.75) is 32.1 Å². The average molecular weight is 408 g/mol. The molecule has 0 N–H and O–H groups in total. The van der Waals surface area contributed by atoms with Crippen LogP contribution < -0.4 is 9.47 Å². The van der Waals surface area contributed by atoms with E-state index in [1.54, 1.807) is 0 Å². The van der Waals surface area contributed by atoms with E-state index >= 15 is 0 Å². The molecule has 0 radical (unpaired) electrons. The first-order chi connectivity index (χ1) is 13.9. The van der Waals surface area contributed by atoms with Crippen LogP contribution in [-0.4, -0.2) is 13.1 Å². The maximum atomic E-state index is 14.6. The zero-order valence-electron chi connectivity index (χ0n) is 15.8. The number of halogens is 4. The normalized spacial score (nSPS) is 23.1. The first kappa shape index (κ1) is 19.7. The zero-order valence-corrected chi connectivity index (χ0v) is 15.8. The highest BCUT2D eigenvalue weighted by atomic mass is 19.2. The molecule has 4 rings (SSSR count). The lowest BCUT2D eigenvalue weighted by atomic mass is 9.92. The van der Waals surface area contributed by atoms with Gasteiger partial charge in [0, 0.05) is 11.1 Å². The number of rotatable bonds is 4. The molecule has 0 saturated heterocycles. The van der Waals surface area contributed by atoms with Crippen molar-refractivity contribution in [3.05, 3.63) is 47.5 Å². The van der Waals surface area contributed by atoms with Crippen LogP contribution >= 0.6 is 0 Å². The molecule has 0 aromatic heterocycles. The van der Waals surface area contributed by atoms with Gasteiger partial charge in [-0.05, 0) is 55.4 Å². The molecule has 2 saturated carbocycles. The molecule has 2 aromatic carbocycles. The minimum absolute atomic E-state index is 0.242. The van der Waals surface area contributed by atoms with Crippen LogP contribution in [0, 0.1) is 41.0 Å². The highest BCUT2D eigenvalue weighted by molar-refractivity contribution is 5.76. The Hall–Kier alpha value is -2.57. The fourth-order valence-electron chi connectivity index (χ4n) is 4.75. The molecule has 7 heteroatoms. The highest BCUT2D eigenvalue weighted by Gasteiger charge is 2.43. The highest BCUT2D eigenvalue weighted by Crippen LogP contribution is 2.48. The van der Waals surface area contributed by atoms with E-state index in [1.807, 2.05) is 0 Å². The second kappa shape index (κ2) is 7.69. The Balaban J connectivity index is 1.60. The molecule has 3 atom stereocenters. The topological polar surface area (TPSA) is 35.5 Å². The van der Waals surface area contributed by atoms with Crippen LogP contribution in [0.3, 0.4) is 0 Å². The minimum Gasteiger partial charge on any atom is -0.494 e. The van der Waals surface area contributed by atoms with Gasteiger partial charge in [-0.15, -0.1) is 0 Å². The maximum absolute atomic E-state index is 14.6. The van der Waals surface area contributed by atoms with Crippen molar-refractivity contribution in [1.29, 1.82) is 0 Å². The quantitative estimate of drug-likeness (QED) is 0.373. The molecule has 2 aliphatic carbocycles. The number of esters is 1. The number of hydrogen-bond acceptors (Lipinski definition) is 3. The van der Waals surface area contributed by atoms with Crippen LogP contribution in [0.15, 0.2) is 24.3 Å². The molecular weight excluding hydrogens is 388 g/mol. The van der Waals surface area contributed by atoms with Crippen molar-refractivity contribution in [1.82, 2.24) is 0 Å². The van der Waals surface area contributed by atoms with Crippen molar-refractivity contribution in [2.75, 3.05) is 7.11 Å². The number of methoxy groups -OCH3 is 1. The van der Waals surface area contributed by atoms with E-state index in [9.17, 15) is 22.4 Å². The predicted molar refractivity (Wildman–Crippen MR) is 97.5 cm³/mol. The Morgan fingerprint density at radius 1 is 0.828 bits per heavy atom. The number of benzene rings is 2. The van der Waals surface area contributed by atoms with Gasteiger partial charge in [-0.3, -0.25) is 4.79 Å². The number of carbonyl (C=O) groups excluding carboxylic acids is 1. The molecule has 0 heterocycles. The van der Waals surface area contributed by atoms with E-state index in [0.29, 0.717) is 12.3 Å².